The highest BCUT2D eigenvalue weighted by molar-refractivity contribution is 5.16. The van der Waals surface area contributed by atoms with E-state index in [1.54, 1.807) is 18.2 Å². The minimum absolute atomic E-state index is 0.108. The van der Waals surface area contributed by atoms with Gasteiger partial charge in [0.1, 0.15) is 5.82 Å². The number of aliphatic hydroxyl groups is 2. The Morgan fingerprint density at radius 3 is 2.71 bits per heavy atom. The van der Waals surface area contributed by atoms with E-state index >= 15 is 0 Å². The molecule has 3 N–H and O–H groups in total. The Balaban J connectivity index is 2.28. The van der Waals surface area contributed by atoms with Crippen molar-refractivity contribution in [2.45, 2.75) is 44.9 Å². The molecule has 0 aliphatic rings. The third kappa shape index (κ3) is 6.52. The predicted octanol–water partition coefficient (Wildman–Crippen LogP) is 1.84. The fourth-order valence-electron chi connectivity index (χ4n) is 1.98. The lowest BCUT2D eigenvalue weighted by Gasteiger charge is -2.30. The molecule has 21 heavy (non-hydrogen) atoms. The molecule has 1 aromatic carbocycles. The van der Waals surface area contributed by atoms with E-state index in [4.69, 9.17) is 9.84 Å². The Hall–Kier alpha value is -1.01. The van der Waals surface area contributed by atoms with Crippen molar-refractivity contribution in [3.05, 3.63) is 35.6 Å². The van der Waals surface area contributed by atoms with E-state index in [2.05, 4.69) is 5.32 Å². The Morgan fingerprint density at radius 1 is 1.38 bits per heavy atom. The quantitative estimate of drug-likeness (QED) is 0.617. The second-order valence-electron chi connectivity index (χ2n) is 5.53. The van der Waals surface area contributed by atoms with Crippen molar-refractivity contribution in [1.29, 1.82) is 0 Å². The minimum atomic E-state index is -0.665. The van der Waals surface area contributed by atoms with Gasteiger partial charge in [-0.2, -0.15) is 0 Å². The molecule has 0 radical (unpaired) electrons. The molecule has 0 amide bonds. The van der Waals surface area contributed by atoms with Crippen molar-refractivity contribution < 1.29 is 19.3 Å². The fraction of sp³-hybridized carbons (Fsp3) is 0.625. The van der Waals surface area contributed by atoms with Crippen LogP contribution in [0, 0.1) is 5.82 Å². The number of β-amino-alcohol motifs (C(OH)–C–C–N with tert-alkyl or cyclic N) is 1. The average molecular weight is 299 g/mol. The lowest BCUT2D eigenvalue weighted by molar-refractivity contribution is 0.0232. The third-order valence-corrected chi connectivity index (χ3v) is 3.73. The van der Waals surface area contributed by atoms with Crippen molar-refractivity contribution in [2.75, 3.05) is 19.8 Å². The van der Waals surface area contributed by atoms with Crippen molar-refractivity contribution in [2.24, 2.45) is 0 Å². The number of rotatable bonds is 10. The lowest BCUT2D eigenvalue weighted by Crippen LogP contribution is -2.46. The van der Waals surface area contributed by atoms with Gasteiger partial charge in [0.05, 0.1) is 19.3 Å². The number of nitrogens with one attached hydrogen (secondary N) is 1. The van der Waals surface area contributed by atoms with E-state index in [0.29, 0.717) is 18.5 Å². The van der Waals surface area contributed by atoms with E-state index in [9.17, 15) is 9.50 Å². The molecule has 1 rings (SSSR count). The van der Waals surface area contributed by atoms with Gasteiger partial charge >= 0.3 is 0 Å². The van der Waals surface area contributed by atoms with Crippen LogP contribution in [0.2, 0.25) is 0 Å². The highest BCUT2D eigenvalue weighted by Gasteiger charge is 2.21. The third-order valence-electron chi connectivity index (χ3n) is 3.73. The van der Waals surface area contributed by atoms with Crippen LogP contribution in [-0.4, -0.2) is 41.6 Å². The summed E-state index contributed by atoms with van der Waals surface area (Å²) in [5.41, 5.74) is 0.290. The average Bonchev–Trinajstić information content (AvgIpc) is 2.47. The van der Waals surface area contributed by atoms with E-state index in [0.717, 1.165) is 6.42 Å². The maximum atomic E-state index is 13.4. The lowest BCUT2D eigenvalue weighted by atomic mass is 9.95. The number of benzene rings is 1. The minimum Gasteiger partial charge on any atom is -0.396 e. The van der Waals surface area contributed by atoms with Gasteiger partial charge in [0.2, 0.25) is 0 Å². The van der Waals surface area contributed by atoms with Gasteiger partial charge in [-0.1, -0.05) is 25.1 Å². The molecule has 0 heterocycles. The van der Waals surface area contributed by atoms with Crippen LogP contribution >= 0.6 is 0 Å². The molecule has 0 aliphatic heterocycles. The first kappa shape index (κ1) is 18.0. The molecule has 0 bridgehead atoms. The van der Waals surface area contributed by atoms with E-state index < -0.39 is 6.10 Å². The Kier molecular flexibility index (Phi) is 7.82. The van der Waals surface area contributed by atoms with Gasteiger partial charge in [-0.25, -0.2) is 4.39 Å². The number of hydrogen-bond donors (Lipinski definition) is 3. The number of ether oxygens (including phenoxy) is 1. The van der Waals surface area contributed by atoms with Crippen LogP contribution < -0.4 is 5.32 Å². The Bertz CT molecular complexity index is 416. The summed E-state index contributed by atoms with van der Waals surface area (Å²) in [6.45, 7) is 4.81. The Morgan fingerprint density at radius 2 is 2.10 bits per heavy atom. The zero-order valence-corrected chi connectivity index (χ0v) is 12.8. The molecule has 2 unspecified atom stereocenters. The molecule has 0 fully saturated rings. The Labute approximate surface area is 125 Å². The molecule has 5 heteroatoms. The van der Waals surface area contributed by atoms with Crippen molar-refractivity contribution in [3.63, 3.8) is 0 Å². The van der Waals surface area contributed by atoms with Crippen LogP contribution in [0.15, 0.2) is 24.3 Å². The molecule has 1 aromatic rings. The summed E-state index contributed by atoms with van der Waals surface area (Å²) in [5, 5.41) is 22.2. The number of aliphatic hydroxyl groups excluding tert-OH is 2. The predicted molar refractivity (Wildman–Crippen MR) is 80.5 cm³/mol. The van der Waals surface area contributed by atoms with E-state index in [-0.39, 0.29) is 31.2 Å². The summed E-state index contributed by atoms with van der Waals surface area (Å²) >= 11 is 0. The first-order valence-electron chi connectivity index (χ1n) is 7.36. The first-order chi connectivity index (χ1) is 10.0. The monoisotopic (exact) mass is 299 g/mol. The largest absolute Gasteiger partial charge is 0.396 e. The molecule has 0 saturated carbocycles. The first-order valence-corrected chi connectivity index (χ1v) is 7.36. The van der Waals surface area contributed by atoms with Crippen molar-refractivity contribution >= 4 is 0 Å². The van der Waals surface area contributed by atoms with E-state index in [1.807, 2.05) is 13.8 Å². The summed E-state index contributed by atoms with van der Waals surface area (Å²) in [6.07, 6.45) is 0.823. The second kappa shape index (κ2) is 9.10. The summed E-state index contributed by atoms with van der Waals surface area (Å²) < 4.78 is 18.7. The molecular formula is C16H26FNO3. The van der Waals surface area contributed by atoms with Crippen molar-refractivity contribution in [3.8, 4) is 0 Å². The van der Waals surface area contributed by atoms with Gasteiger partial charge in [-0.3, -0.25) is 0 Å². The van der Waals surface area contributed by atoms with Crippen LogP contribution in [0.5, 0.6) is 0 Å². The van der Waals surface area contributed by atoms with Gasteiger partial charge in [0.15, 0.2) is 0 Å². The molecule has 4 nitrogen and oxygen atoms in total. The molecular weight excluding hydrogens is 273 g/mol. The highest BCUT2D eigenvalue weighted by atomic mass is 19.1. The van der Waals surface area contributed by atoms with E-state index in [1.165, 1.54) is 6.07 Å². The standard InChI is InChI=1S/C16H26FNO3/c1-3-16(2,8-9-19)18-10-14(20)12-21-11-13-6-4-5-7-15(13)17/h4-7,14,18-20H,3,8-12H2,1-2H3. The number of halogens is 1. The van der Waals surface area contributed by atoms with Gasteiger partial charge < -0.3 is 20.3 Å². The van der Waals surface area contributed by atoms with Crippen LogP contribution in [0.25, 0.3) is 0 Å². The normalized spacial score (nSPS) is 15.7. The highest BCUT2D eigenvalue weighted by Crippen LogP contribution is 2.13. The van der Waals surface area contributed by atoms with Crippen LogP contribution in [-0.2, 0) is 11.3 Å². The molecule has 0 spiro atoms. The SMILES string of the molecule is CCC(C)(CCO)NCC(O)COCc1ccccc1F. The summed E-state index contributed by atoms with van der Waals surface area (Å²) in [7, 11) is 0. The van der Waals surface area contributed by atoms with Gasteiger partial charge in [-0.15, -0.1) is 0 Å². The zero-order chi connectivity index (χ0) is 15.7. The molecule has 120 valence electrons. The van der Waals surface area contributed by atoms with Crippen LogP contribution in [0.1, 0.15) is 32.3 Å². The topological polar surface area (TPSA) is 61.7 Å². The molecule has 0 aliphatic carbocycles. The number of hydrogen-bond acceptors (Lipinski definition) is 4. The fourth-order valence-corrected chi connectivity index (χ4v) is 1.98. The summed E-state index contributed by atoms with van der Waals surface area (Å²) in [5.74, 6) is -0.299. The maximum Gasteiger partial charge on any atom is 0.128 e. The van der Waals surface area contributed by atoms with Crippen LogP contribution in [0.3, 0.4) is 0 Å². The summed E-state index contributed by atoms with van der Waals surface area (Å²) in [6, 6.07) is 6.43. The molecule has 0 saturated heterocycles. The van der Waals surface area contributed by atoms with Crippen LogP contribution in [0.4, 0.5) is 4.39 Å². The second-order valence-corrected chi connectivity index (χ2v) is 5.53. The molecule has 0 aromatic heterocycles. The van der Waals surface area contributed by atoms with Crippen molar-refractivity contribution in [1.82, 2.24) is 5.32 Å². The maximum absolute atomic E-state index is 13.4. The smallest absolute Gasteiger partial charge is 0.128 e. The van der Waals surface area contributed by atoms with Gasteiger partial charge in [-0.05, 0) is 25.8 Å². The van der Waals surface area contributed by atoms with Gasteiger partial charge in [0.25, 0.3) is 0 Å². The van der Waals surface area contributed by atoms with Gasteiger partial charge in [0, 0.05) is 24.3 Å². The molecule has 2 atom stereocenters. The summed E-state index contributed by atoms with van der Waals surface area (Å²) in [4.78, 5) is 0. The zero-order valence-electron chi connectivity index (χ0n) is 12.8.